The Labute approximate surface area is 96.2 Å². The van der Waals surface area contributed by atoms with E-state index in [9.17, 15) is 4.79 Å². The molecule has 0 atom stereocenters. The lowest BCUT2D eigenvalue weighted by Gasteiger charge is -2.04. The highest BCUT2D eigenvalue weighted by Gasteiger charge is 2.02. The van der Waals surface area contributed by atoms with E-state index in [0.717, 1.165) is 27.0 Å². The standard InChI is InChI=1S/C10H11BrO2S/c1-13-4-5-14-10-6-9(11)3-2-8(10)7-12/h2-3,6-7H,4-5H2,1H3. The van der Waals surface area contributed by atoms with Gasteiger partial charge < -0.3 is 4.74 Å². The number of methoxy groups -OCH3 is 1. The fourth-order valence-corrected chi connectivity index (χ4v) is 2.44. The maximum Gasteiger partial charge on any atom is 0.151 e. The first-order valence-corrected chi connectivity index (χ1v) is 5.92. The average Bonchev–Trinajstić information content (AvgIpc) is 2.19. The van der Waals surface area contributed by atoms with Crippen molar-refractivity contribution in [3.05, 3.63) is 28.2 Å². The molecule has 1 aromatic carbocycles. The third-order valence-corrected chi connectivity index (χ3v) is 3.18. The van der Waals surface area contributed by atoms with Crippen molar-refractivity contribution in [3.63, 3.8) is 0 Å². The predicted octanol–water partition coefficient (Wildman–Crippen LogP) is 3.00. The second-order valence-corrected chi connectivity index (χ2v) is 4.69. The summed E-state index contributed by atoms with van der Waals surface area (Å²) >= 11 is 5.00. The topological polar surface area (TPSA) is 26.3 Å². The second-order valence-electron chi connectivity index (χ2n) is 2.64. The zero-order chi connectivity index (χ0) is 10.4. The Hall–Kier alpha value is -0.320. The van der Waals surface area contributed by atoms with Gasteiger partial charge in [0, 0.05) is 27.8 Å². The summed E-state index contributed by atoms with van der Waals surface area (Å²) in [6.07, 6.45) is 0.877. The molecular formula is C10H11BrO2S. The molecule has 0 saturated heterocycles. The highest BCUT2D eigenvalue weighted by molar-refractivity contribution is 9.10. The zero-order valence-corrected chi connectivity index (χ0v) is 10.2. The Morgan fingerprint density at radius 1 is 1.57 bits per heavy atom. The molecule has 4 heteroatoms. The lowest BCUT2D eigenvalue weighted by Crippen LogP contribution is -1.93. The zero-order valence-electron chi connectivity index (χ0n) is 7.83. The molecule has 0 fully saturated rings. The van der Waals surface area contributed by atoms with Crippen LogP contribution in [0.2, 0.25) is 0 Å². The van der Waals surface area contributed by atoms with E-state index in [2.05, 4.69) is 15.9 Å². The number of rotatable bonds is 5. The van der Waals surface area contributed by atoms with Crippen LogP contribution in [0, 0.1) is 0 Å². The maximum atomic E-state index is 10.7. The highest BCUT2D eigenvalue weighted by atomic mass is 79.9. The number of thioether (sulfide) groups is 1. The first-order chi connectivity index (χ1) is 6.77. The van der Waals surface area contributed by atoms with Gasteiger partial charge in [0.05, 0.1) is 6.61 Å². The molecule has 2 nitrogen and oxygen atoms in total. The Morgan fingerprint density at radius 2 is 2.36 bits per heavy atom. The molecule has 0 amide bonds. The highest BCUT2D eigenvalue weighted by Crippen LogP contribution is 2.25. The Balaban J connectivity index is 2.72. The molecule has 0 aliphatic carbocycles. The van der Waals surface area contributed by atoms with Gasteiger partial charge in [0.1, 0.15) is 0 Å². The van der Waals surface area contributed by atoms with E-state index >= 15 is 0 Å². The molecule has 14 heavy (non-hydrogen) atoms. The average molecular weight is 275 g/mol. The third-order valence-electron chi connectivity index (χ3n) is 1.65. The van der Waals surface area contributed by atoms with Gasteiger partial charge in [-0.1, -0.05) is 15.9 Å². The van der Waals surface area contributed by atoms with Crippen molar-refractivity contribution in [3.8, 4) is 0 Å². The van der Waals surface area contributed by atoms with E-state index in [4.69, 9.17) is 4.74 Å². The van der Waals surface area contributed by atoms with Crippen LogP contribution in [0.15, 0.2) is 27.6 Å². The molecule has 76 valence electrons. The van der Waals surface area contributed by atoms with Crippen molar-refractivity contribution in [1.29, 1.82) is 0 Å². The van der Waals surface area contributed by atoms with Gasteiger partial charge in [0.2, 0.25) is 0 Å². The van der Waals surface area contributed by atoms with E-state index in [1.165, 1.54) is 0 Å². The molecule has 0 aliphatic rings. The van der Waals surface area contributed by atoms with E-state index in [1.807, 2.05) is 18.2 Å². The van der Waals surface area contributed by atoms with Gasteiger partial charge >= 0.3 is 0 Å². The van der Waals surface area contributed by atoms with Gasteiger partial charge in [-0.3, -0.25) is 4.79 Å². The minimum Gasteiger partial charge on any atom is -0.384 e. The van der Waals surface area contributed by atoms with Gasteiger partial charge in [0.15, 0.2) is 6.29 Å². The molecule has 0 heterocycles. The van der Waals surface area contributed by atoms with E-state index in [0.29, 0.717) is 6.61 Å². The van der Waals surface area contributed by atoms with Crippen LogP contribution in [0.1, 0.15) is 10.4 Å². The normalized spacial score (nSPS) is 10.1. The number of benzene rings is 1. The van der Waals surface area contributed by atoms with E-state index < -0.39 is 0 Å². The van der Waals surface area contributed by atoms with Crippen molar-refractivity contribution in [2.24, 2.45) is 0 Å². The number of hydrogen-bond acceptors (Lipinski definition) is 3. The Bertz CT molecular complexity index is 315. The summed E-state index contributed by atoms with van der Waals surface area (Å²) in [5, 5.41) is 0. The van der Waals surface area contributed by atoms with E-state index in [-0.39, 0.29) is 0 Å². The fourth-order valence-electron chi connectivity index (χ4n) is 0.966. The molecule has 0 N–H and O–H groups in total. The minimum absolute atomic E-state index is 0.690. The Morgan fingerprint density at radius 3 is 3.00 bits per heavy atom. The summed E-state index contributed by atoms with van der Waals surface area (Å²) in [6, 6.07) is 5.63. The number of carbonyl (C=O) groups excluding carboxylic acids is 1. The first-order valence-electron chi connectivity index (χ1n) is 4.14. The van der Waals surface area contributed by atoms with Gasteiger partial charge in [0.25, 0.3) is 0 Å². The minimum atomic E-state index is 0.690. The van der Waals surface area contributed by atoms with Crippen LogP contribution in [0.5, 0.6) is 0 Å². The molecule has 0 saturated carbocycles. The predicted molar refractivity (Wildman–Crippen MR) is 62.1 cm³/mol. The fraction of sp³-hybridized carbons (Fsp3) is 0.300. The SMILES string of the molecule is COCCSc1cc(Br)ccc1C=O. The number of halogens is 1. The molecule has 0 aliphatic heterocycles. The number of aldehydes is 1. The lowest BCUT2D eigenvalue weighted by atomic mass is 10.2. The summed E-state index contributed by atoms with van der Waals surface area (Å²) < 4.78 is 5.94. The van der Waals surface area contributed by atoms with Crippen LogP contribution < -0.4 is 0 Å². The van der Waals surface area contributed by atoms with Crippen LogP contribution in [-0.4, -0.2) is 25.8 Å². The van der Waals surface area contributed by atoms with Crippen molar-refractivity contribution >= 4 is 34.0 Å². The molecule has 0 radical (unpaired) electrons. The lowest BCUT2D eigenvalue weighted by molar-refractivity contribution is 0.112. The number of ether oxygens (including phenoxy) is 1. The smallest absolute Gasteiger partial charge is 0.151 e. The van der Waals surface area contributed by atoms with Crippen LogP contribution >= 0.6 is 27.7 Å². The third kappa shape index (κ3) is 3.44. The Kier molecular flexibility index (Phi) is 5.22. The van der Waals surface area contributed by atoms with Crippen molar-refractivity contribution in [1.82, 2.24) is 0 Å². The van der Waals surface area contributed by atoms with Crippen molar-refractivity contribution in [2.45, 2.75) is 4.90 Å². The second kappa shape index (κ2) is 6.22. The molecule has 1 rings (SSSR count). The first kappa shape index (κ1) is 11.8. The van der Waals surface area contributed by atoms with Crippen LogP contribution in [0.4, 0.5) is 0 Å². The molecule has 0 bridgehead atoms. The largest absolute Gasteiger partial charge is 0.384 e. The van der Waals surface area contributed by atoms with Gasteiger partial charge in [-0.25, -0.2) is 0 Å². The molecule has 0 aromatic heterocycles. The summed E-state index contributed by atoms with van der Waals surface area (Å²) in [5.41, 5.74) is 0.731. The summed E-state index contributed by atoms with van der Waals surface area (Å²) in [4.78, 5) is 11.7. The van der Waals surface area contributed by atoms with Crippen LogP contribution in [0.3, 0.4) is 0 Å². The summed E-state index contributed by atoms with van der Waals surface area (Å²) in [5.74, 6) is 0.855. The molecule has 0 spiro atoms. The van der Waals surface area contributed by atoms with E-state index in [1.54, 1.807) is 18.9 Å². The maximum absolute atomic E-state index is 10.7. The number of hydrogen-bond donors (Lipinski definition) is 0. The van der Waals surface area contributed by atoms with Crippen LogP contribution in [0.25, 0.3) is 0 Å². The summed E-state index contributed by atoms with van der Waals surface area (Å²) in [6.45, 7) is 0.690. The molecular weight excluding hydrogens is 264 g/mol. The van der Waals surface area contributed by atoms with Crippen LogP contribution in [-0.2, 0) is 4.74 Å². The van der Waals surface area contributed by atoms with Gasteiger partial charge in [-0.2, -0.15) is 0 Å². The number of carbonyl (C=O) groups is 1. The molecule has 1 aromatic rings. The molecule has 0 unspecified atom stereocenters. The van der Waals surface area contributed by atoms with Gasteiger partial charge in [-0.05, 0) is 18.2 Å². The summed E-state index contributed by atoms with van der Waals surface area (Å²) in [7, 11) is 1.67. The van der Waals surface area contributed by atoms with Crippen molar-refractivity contribution in [2.75, 3.05) is 19.5 Å². The van der Waals surface area contributed by atoms with Gasteiger partial charge in [-0.15, -0.1) is 11.8 Å². The van der Waals surface area contributed by atoms with Crippen molar-refractivity contribution < 1.29 is 9.53 Å². The monoisotopic (exact) mass is 274 g/mol. The quantitative estimate of drug-likeness (QED) is 0.469.